The molecule has 6 atom stereocenters. The van der Waals surface area contributed by atoms with Crippen molar-refractivity contribution in [3.8, 4) is 0 Å². The van der Waals surface area contributed by atoms with E-state index in [-0.39, 0.29) is 19.6 Å². The molecular formula is C63H120O12S. The summed E-state index contributed by atoms with van der Waals surface area (Å²) in [6, 6.07) is 0. The highest BCUT2D eigenvalue weighted by Crippen LogP contribution is 2.26. The molecule has 0 radical (unpaired) electrons. The van der Waals surface area contributed by atoms with Crippen LogP contribution >= 0.6 is 0 Å². The summed E-state index contributed by atoms with van der Waals surface area (Å²) in [6.07, 6.45) is 58.0. The summed E-state index contributed by atoms with van der Waals surface area (Å²) in [7, 11) is -5.07. The van der Waals surface area contributed by atoms with Gasteiger partial charge in [-0.05, 0) is 44.9 Å². The van der Waals surface area contributed by atoms with Crippen LogP contribution < -0.4 is 0 Å². The molecule has 0 amide bonds. The fourth-order valence-electron chi connectivity index (χ4n) is 10.2. The van der Waals surface area contributed by atoms with E-state index in [1.807, 2.05) is 0 Å². The molecule has 1 heterocycles. The average molecular weight is 1100 g/mol. The monoisotopic (exact) mass is 1100 g/mol. The van der Waals surface area contributed by atoms with Gasteiger partial charge in [0.1, 0.15) is 30.5 Å². The van der Waals surface area contributed by atoms with Crippen molar-refractivity contribution < 1.29 is 56.2 Å². The van der Waals surface area contributed by atoms with E-state index in [0.29, 0.717) is 13.0 Å². The van der Waals surface area contributed by atoms with Gasteiger partial charge in [-0.1, -0.05) is 282 Å². The van der Waals surface area contributed by atoms with Crippen LogP contribution in [0.5, 0.6) is 0 Å². The molecule has 0 bridgehead atoms. The van der Waals surface area contributed by atoms with Crippen molar-refractivity contribution >= 4 is 16.4 Å². The zero-order valence-corrected chi connectivity index (χ0v) is 49.9. The van der Waals surface area contributed by atoms with Crippen LogP contribution in [-0.4, -0.2) is 97.5 Å². The van der Waals surface area contributed by atoms with Gasteiger partial charge in [0.2, 0.25) is 0 Å². The molecule has 76 heavy (non-hydrogen) atoms. The number of ether oxygens (including phenoxy) is 4. The fraction of sp³-hybridized carbons (Fsp3) is 0.921. The maximum Gasteiger partial charge on any atom is 0.397 e. The maximum atomic E-state index is 13.0. The second-order valence-corrected chi connectivity index (χ2v) is 23.4. The van der Waals surface area contributed by atoms with Crippen molar-refractivity contribution in [3.63, 3.8) is 0 Å². The first-order valence-corrected chi connectivity index (χ1v) is 33.5. The van der Waals surface area contributed by atoms with E-state index in [1.54, 1.807) is 0 Å². The Morgan fingerprint density at radius 1 is 0.500 bits per heavy atom. The lowest BCUT2D eigenvalue weighted by molar-refractivity contribution is -0.301. The molecule has 1 rings (SSSR count). The molecule has 0 aromatic carbocycles. The number of carbonyl (C=O) groups is 1. The number of unbranched alkanes of at least 4 members (excludes halogenated alkanes) is 41. The van der Waals surface area contributed by atoms with E-state index in [9.17, 15) is 33.1 Å². The van der Waals surface area contributed by atoms with Gasteiger partial charge in [0.05, 0.1) is 19.8 Å². The Morgan fingerprint density at radius 3 is 1.25 bits per heavy atom. The van der Waals surface area contributed by atoms with E-state index in [4.69, 9.17) is 18.9 Å². The summed E-state index contributed by atoms with van der Waals surface area (Å²) in [5.74, 6) is -0.392. The first-order valence-electron chi connectivity index (χ1n) is 32.1. The normalized spacial score (nSPS) is 18.6. The highest BCUT2D eigenvalue weighted by atomic mass is 32.3. The number of carbonyl (C=O) groups excluding carboxylic acids is 1. The lowest BCUT2D eigenvalue weighted by Crippen LogP contribution is -2.60. The molecular weight excluding hydrogens is 981 g/mol. The van der Waals surface area contributed by atoms with Gasteiger partial charge < -0.3 is 34.3 Å². The van der Waals surface area contributed by atoms with Crippen LogP contribution in [0.4, 0.5) is 0 Å². The van der Waals surface area contributed by atoms with Gasteiger partial charge in [-0.15, -0.1) is 0 Å². The Kier molecular flexibility index (Phi) is 51.8. The largest absolute Gasteiger partial charge is 0.457 e. The van der Waals surface area contributed by atoms with Gasteiger partial charge in [0, 0.05) is 13.0 Å². The van der Waals surface area contributed by atoms with E-state index < -0.39 is 59.8 Å². The summed E-state index contributed by atoms with van der Waals surface area (Å²) in [5, 5.41) is 30.9. The molecule has 1 fully saturated rings. The van der Waals surface area contributed by atoms with Crippen LogP contribution in [0, 0.1) is 0 Å². The molecule has 1 saturated heterocycles. The van der Waals surface area contributed by atoms with Crippen molar-refractivity contribution in [1.29, 1.82) is 0 Å². The third-order valence-corrected chi connectivity index (χ3v) is 15.5. The van der Waals surface area contributed by atoms with Crippen molar-refractivity contribution in [2.45, 2.75) is 346 Å². The van der Waals surface area contributed by atoms with Crippen LogP contribution in [0.3, 0.4) is 0 Å². The molecule has 450 valence electrons. The Labute approximate surface area is 467 Å². The second kappa shape index (κ2) is 54.2. The lowest BCUT2D eigenvalue weighted by atomic mass is 9.99. The summed E-state index contributed by atoms with van der Waals surface area (Å²) in [4.78, 5) is 13.0. The Hall–Kier alpha value is -1.42. The number of aliphatic hydroxyl groups excluding tert-OH is 3. The Morgan fingerprint density at radius 2 is 0.868 bits per heavy atom. The van der Waals surface area contributed by atoms with Crippen LogP contribution in [0.15, 0.2) is 24.3 Å². The Balaban J connectivity index is 2.23. The number of hydrogen-bond donors (Lipinski definition) is 4. The lowest BCUT2D eigenvalue weighted by Gasteiger charge is -2.41. The van der Waals surface area contributed by atoms with Gasteiger partial charge in [-0.3, -0.25) is 9.35 Å². The van der Waals surface area contributed by atoms with Crippen molar-refractivity contribution in [2.75, 3.05) is 26.4 Å². The minimum Gasteiger partial charge on any atom is -0.457 e. The van der Waals surface area contributed by atoms with Crippen molar-refractivity contribution in [2.24, 2.45) is 0 Å². The standard InChI is InChI=1S/C63H120O12S/c1-3-5-7-9-11-13-15-17-19-21-23-25-27-29-30-32-34-36-38-40-42-44-46-48-50-52-59(65)73-57(56-72-63-61(67)62(75-76(68,69)70)60(66)58(54-64)74-63)55-71-53-51-49-47-45-43-41-39-37-35-33-31-28-26-24-22-20-18-16-14-12-10-8-6-4-2/h15,17,21,23,57-58,60-64,66-67H,3-14,16,18-20,22,24-56H2,1-2H3,(H,68,69,70)/b17-15-,23-21-. The minimum absolute atomic E-state index is 0.0418. The second-order valence-electron chi connectivity index (χ2n) is 22.4. The smallest absolute Gasteiger partial charge is 0.397 e. The molecule has 0 aromatic heterocycles. The number of rotatable bonds is 58. The number of esters is 1. The number of allylic oxidation sites excluding steroid dienone is 4. The average Bonchev–Trinajstić information content (AvgIpc) is 3.40. The first kappa shape index (κ1) is 72.6. The molecule has 4 N–H and O–H groups in total. The molecule has 0 aliphatic carbocycles. The van der Waals surface area contributed by atoms with Crippen LogP contribution in [0.1, 0.15) is 309 Å². The zero-order valence-electron chi connectivity index (χ0n) is 49.1. The van der Waals surface area contributed by atoms with E-state index >= 15 is 0 Å². The van der Waals surface area contributed by atoms with Gasteiger partial charge in [0.25, 0.3) is 0 Å². The highest BCUT2D eigenvalue weighted by molar-refractivity contribution is 7.80. The molecule has 12 nitrogen and oxygen atoms in total. The number of aliphatic hydroxyl groups is 3. The minimum atomic E-state index is -5.07. The zero-order chi connectivity index (χ0) is 55.3. The quantitative estimate of drug-likeness (QED) is 0.0196. The molecule has 0 spiro atoms. The van der Waals surface area contributed by atoms with Gasteiger partial charge in [0.15, 0.2) is 6.29 Å². The van der Waals surface area contributed by atoms with E-state index in [2.05, 4.69) is 42.3 Å². The third kappa shape index (κ3) is 46.3. The van der Waals surface area contributed by atoms with Gasteiger partial charge in [-0.2, -0.15) is 8.42 Å². The highest BCUT2D eigenvalue weighted by Gasteiger charge is 2.48. The molecule has 0 aromatic rings. The third-order valence-electron chi connectivity index (χ3n) is 15.1. The van der Waals surface area contributed by atoms with Crippen LogP contribution in [-0.2, 0) is 38.3 Å². The SMILES string of the molecule is CCCCCCC/C=C\C/C=C\CCCCCCCCCCCCCCCC(=O)OC(COCCCCCCCCCCCCCCCCCCCCCCCCCC)COC1OC(CO)C(O)C(OS(=O)(=O)O)C1O. The Bertz CT molecular complexity index is 1410. The first-order chi connectivity index (χ1) is 37.1. The van der Waals surface area contributed by atoms with E-state index in [0.717, 1.165) is 44.9 Å². The number of hydrogen-bond acceptors (Lipinski definition) is 11. The predicted molar refractivity (Wildman–Crippen MR) is 313 cm³/mol. The van der Waals surface area contributed by atoms with Crippen molar-refractivity contribution in [1.82, 2.24) is 0 Å². The predicted octanol–water partition coefficient (Wildman–Crippen LogP) is 16.7. The summed E-state index contributed by atoms with van der Waals surface area (Å²) in [5.41, 5.74) is 0. The topological polar surface area (TPSA) is 178 Å². The molecule has 6 unspecified atom stereocenters. The molecule has 1 aliphatic rings. The van der Waals surface area contributed by atoms with Gasteiger partial charge >= 0.3 is 16.4 Å². The molecule has 1 aliphatic heterocycles. The van der Waals surface area contributed by atoms with Crippen LogP contribution in [0.25, 0.3) is 0 Å². The fourth-order valence-corrected chi connectivity index (χ4v) is 10.7. The molecule has 0 saturated carbocycles. The summed E-state index contributed by atoms with van der Waals surface area (Å²) < 4.78 is 59.6. The maximum absolute atomic E-state index is 13.0. The molecule has 13 heteroatoms. The summed E-state index contributed by atoms with van der Waals surface area (Å²) in [6.45, 7) is 4.06. The van der Waals surface area contributed by atoms with Crippen molar-refractivity contribution in [3.05, 3.63) is 24.3 Å². The summed E-state index contributed by atoms with van der Waals surface area (Å²) >= 11 is 0. The van der Waals surface area contributed by atoms with E-state index in [1.165, 1.54) is 238 Å². The van der Waals surface area contributed by atoms with Crippen LogP contribution in [0.2, 0.25) is 0 Å². The van der Waals surface area contributed by atoms with Gasteiger partial charge in [-0.25, -0.2) is 4.18 Å².